The van der Waals surface area contributed by atoms with Crippen molar-refractivity contribution in [3.8, 4) is 5.75 Å². The molecule has 1 N–H and O–H groups in total. The minimum atomic E-state index is -4.74. The first-order chi connectivity index (χ1) is 14.9. The number of hydrogen-bond acceptors (Lipinski definition) is 5. The van der Waals surface area contributed by atoms with Gasteiger partial charge in [0.05, 0.1) is 0 Å². The van der Waals surface area contributed by atoms with Crippen LogP contribution in [0.5, 0.6) is 5.75 Å². The Balaban J connectivity index is 2.58. The van der Waals surface area contributed by atoms with Crippen molar-refractivity contribution in [2.75, 3.05) is 0 Å². The first-order valence-electron chi connectivity index (χ1n) is 11.8. The minimum Gasteiger partial charge on any atom is -0.424 e. The van der Waals surface area contributed by atoms with Crippen molar-refractivity contribution in [3.63, 3.8) is 0 Å². The van der Waals surface area contributed by atoms with Gasteiger partial charge in [-0.3, -0.25) is 4.55 Å². The molecule has 7 heteroatoms. The van der Waals surface area contributed by atoms with Crippen LogP contribution in [0.3, 0.4) is 0 Å². The third-order valence-corrected chi connectivity index (χ3v) is 5.78. The molecule has 0 amide bonds. The zero-order valence-electron chi connectivity index (χ0n) is 19.2. The van der Waals surface area contributed by atoms with Crippen LogP contribution in [0.25, 0.3) is 0 Å². The van der Waals surface area contributed by atoms with Gasteiger partial charge in [-0.25, -0.2) is 8.98 Å². The van der Waals surface area contributed by atoms with Crippen LogP contribution in [0.15, 0.2) is 24.3 Å². The van der Waals surface area contributed by atoms with Gasteiger partial charge in [-0.15, -0.1) is 0 Å². The van der Waals surface area contributed by atoms with Crippen LogP contribution < -0.4 is 4.74 Å². The van der Waals surface area contributed by atoms with Gasteiger partial charge in [0.1, 0.15) is 5.75 Å². The first-order valence-corrected chi connectivity index (χ1v) is 13.2. The van der Waals surface area contributed by atoms with E-state index in [1.54, 1.807) is 12.1 Å². The van der Waals surface area contributed by atoms with Crippen molar-refractivity contribution in [2.45, 2.75) is 110 Å². The van der Waals surface area contributed by atoms with Crippen LogP contribution in [-0.4, -0.2) is 25.0 Å². The highest BCUT2D eigenvalue weighted by atomic mass is 32.3. The van der Waals surface area contributed by atoms with Gasteiger partial charge in [0.15, 0.2) is 6.10 Å². The lowest BCUT2D eigenvalue weighted by Crippen LogP contribution is -2.31. The van der Waals surface area contributed by atoms with Crippen molar-refractivity contribution in [1.29, 1.82) is 0 Å². The summed E-state index contributed by atoms with van der Waals surface area (Å²) in [5.74, 6) is -0.370. The van der Waals surface area contributed by atoms with E-state index in [4.69, 9.17) is 9.29 Å². The number of hydrogen-bond donors (Lipinski definition) is 1. The van der Waals surface area contributed by atoms with Crippen LogP contribution in [0.2, 0.25) is 0 Å². The van der Waals surface area contributed by atoms with Gasteiger partial charge < -0.3 is 4.74 Å². The highest BCUT2D eigenvalue weighted by Crippen LogP contribution is 2.23. The summed E-state index contributed by atoms with van der Waals surface area (Å²) < 4.78 is 41.5. The molecule has 1 rings (SSSR count). The summed E-state index contributed by atoms with van der Waals surface area (Å²) in [6.45, 7) is 4.28. The zero-order chi connectivity index (χ0) is 23.0. The van der Waals surface area contributed by atoms with E-state index in [0.717, 1.165) is 44.1 Å². The summed E-state index contributed by atoms with van der Waals surface area (Å²) in [7, 11) is -4.74. The Morgan fingerprint density at radius 3 is 2.03 bits per heavy atom. The van der Waals surface area contributed by atoms with Crippen LogP contribution in [0.4, 0.5) is 0 Å². The van der Waals surface area contributed by atoms with E-state index in [2.05, 4.69) is 18.0 Å². The average molecular weight is 457 g/mol. The first kappa shape index (κ1) is 27.6. The second-order valence-electron chi connectivity index (χ2n) is 8.12. The molecule has 0 heterocycles. The second kappa shape index (κ2) is 16.2. The van der Waals surface area contributed by atoms with Gasteiger partial charge in [0.25, 0.3) is 0 Å². The molecular weight excluding hydrogens is 416 g/mol. The lowest BCUT2D eigenvalue weighted by molar-refractivity contribution is -0.142. The molecule has 0 aliphatic heterocycles. The fourth-order valence-electron chi connectivity index (χ4n) is 3.54. The summed E-state index contributed by atoms with van der Waals surface area (Å²) in [6.07, 6.45) is 12.8. The molecule has 1 aromatic carbocycles. The van der Waals surface area contributed by atoms with Crippen molar-refractivity contribution >= 4 is 16.4 Å². The van der Waals surface area contributed by atoms with E-state index in [-0.39, 0.29) is 6.42 Å². The summed E-state index contributed by atoms with van der Waals surface area (Å²) in [5, 5.41) is 0. The van der Waals surface area contributed by atoms with Gasteiger partial charge in [-0.1, -0.05) is 103 Å². The predicted octanol–water partition coefficient (Wildman–Crippen LogP) is 6.43. The maximum absolute atomic E-state index is 12.6. The molecule has 0 aliphatic carbocycles. The maximum atomic E-state index is 12.6. The standard InChI is InChI=1S/C24H40O6S/c1-3-5-7-9-10-11-12-13-17-21-18-15-16-19-22(21)29-24(25)23(30-31(26,27)28)20-14-8-6-4-2/h15-16,18-19,23H,3-14,17,20H2,1-2H3,(H,26,27,28). The number of rotatable bonds is 18. The summed E-state index contributed by atoms with van der Waals surface area (Å²) in [5.41, 5.74) is 0.915. The number of carbonyl (C=O) groups excluding carboxylic acids is 1. The van der Waals surface area contributed by atoms with Crippen molar-refractivity contribution in [2.24, 2.45) is 0 Å². The lowest BCUT2D eigenvalue weighted by atomic mass is 10.0. The third-order valence-electron chi connectivity index (χ3n) is 5.30. The molecule has 178 valence electrons. The summed E-state index contributed by atoms with van der Waals surface area (Å²) in [6, 6.07) is 7.30. The van der Waals surface area contributed by atoms with Crippen LogP contribution in [-0.2, 0) is 25.8 Å². The van der Waals surface area contributed by atoms with Gasteiger partial charge >= 0.3 is 16.4 Å². The van der Waals surface area contributed by atoms with Gasteiger partial charge in [0, 0.05) is 0 Å². The van der Waals surface area contributed by atoms with Crippen molar-refractivity contribution in [1.82, 2.24) is 0 Å². The molecular formula is C24H40O6S. The maximum Gasteiger partial charge on any atom is 0.398 e. The molecule has 0 spiro atoms. The van der Waals surface area contributed by atoms with Gasteiger partial charge in [0.2, 0.25) is 0 Å². The smallest absolute Gasteiger partial charge is 0.398 e. The van der Waals surface area contributed by atoms with E-state index in [1.807, 2.05) is 12.1 Å². The van der Waals surface area contributed by atoms with E-state index >= 15 is 0 Å². The molecule has 0 bridgehead atoms. The fraction of sp³-hybridized carbons (Fsp3) is 0.708. The lowest BCUT2D eigenvalue weighted by Gasteiger charge is -2.16. The molecule has 0 saturated heterocycles. The molecule has 1 atom stereocenters. The number of unbranched alkanes of at least 4 members (excludes halogenated alkanes) is 10. The predicted molar refractivity (Wildman–Crippen MR) is 124 cm³/mol. The summed E-state index contributed by atoms with van der Waals surface area (Å²) >= 11 is 0. The van der Waals surface area contributed by atoms with Crippen molar-refractivity contribution < 1.29 is 26.7 Å². The van der Waals surface area contributed by atoms with Crippen LogP contribution in [0.1, 0.15) is 103 Å². The summed E-state index contributed by atoms with van der Waals surface area (Å²) in [4.78, 5) is 12.6. The third kappa shape index (κ3) is 13.6. The highest BCUT2D eigenvalue weighted by Gasteiger charge is 2.27. The molecule has 6 nitrogen and oxygen atoms in total. The molecule has 0 aromatic heterocycles. The minimum absolute atomic E-state index is 0.179. The monoisotopic (exact) mass is 456 g/mol. The normalized spacial score (nSPS) is 12.6. The second-order valence-corrected chi connectivity index (χ2v) is 9.16. The number of carbonyl (C=O) groups is 1. The Labute approximate surface area is 188 Å². The Morgan fingerprint density at radius 2 is 1.42 bits per heavy atom. The largest absolute Gasteiger partial charge is 0.424 e. The highest BCUT2D eigenvalue weighted by molar-refractivity contribution is 7.80. The van der Waals surface area contributed by atoms with E-state index in [1.165, 1.54) is 38.5 Å². The van der Waals surface area contributed by atoms with Gasteiger partial charge in [-0.2, -0.15) is 8.42 Å². The number of para-hydroxylation sites is 1. The van der Waals surface area contributed by atoms with Crippen molar-refractivity contribution in [3.05, 3.63) is 29.8 Å². The number of esters is 1. The number of aryl methyl sites for hydroxylation is 1. The molecule has 0 aliphatic rings. The van der Waals surface area contributed by atoms with E-state index in [9.17, 15) is 13.2 Å². The zero-order valence-corrected chi connectivity index (χ0v) is 20.0. The SMILES string of the molecule is CCCCCCCCCCc1ccccc1OC(=O)C(CCCCCC)OS(=O)(=O)O. The quantitative estimate of drug-likeness (QED) is 0.118. The molecule has 31 heavy (non-hydrogen) atoms. The number of ether oxygens (including phenoxy) is 1. The average Bonchev–Trinajstić information content (AvgIpc) is 2.72. The Kier molecular flexibility index (Phi) is 14.4. The number of benzene rings is 1. The molecule has 0 radical (unpaired) electrons. The van der Waals surface area contributed by atoms with Crippen LogP contribution in [0, 0.1) is 0 Å². The Morgan fingerprint density at radius 1 is 0.871 bits per heavy atom. The molecule has 0 fully saturated rings. The Hall–Kier alpha value is -1.44. The molecule has 0 saturated carbocycles. The molecule has 1 aromatic rings. The van der Waals surface area contributed by atoms with Gasteiger partial charge in [-0.05, 0) is 30.9 Å². The molecule has 1 unspecified atom stereocenters. The Bertz CT molecular complexity index is 717. The fourth-order valence-corrected chi connectivity index (χ4v) is 4.01. The van der Waals surface area contributed by atoms with E-state index < -0.39 is 22.5 Å². The topological polar surface area (TPSA) is 89.9 Å². The van der Waals surface area contributed by atoms with E-state index in [0.29, 0.717) is 12.2 Å². The van der Waals surface area contributed by atoms with Crippen LogP contribution >= 0.6 is 0 Å².